The monoisotopic (exact) mass is 341 g/mol. The van der Waals surface area contributed by atoms with Gasteiger partial charge in [-0.15, -0.1) is 11.8 Å². The van der Waals surface area contributed by atoms with Crippen molar-refractivity contribution in [3.63, 3.8) is 0 Å². The van der Waals surface area contributed by atoms with Gasteiger partial charge in [-0.25, -0.2) is 14.3 Å². The maximum absolute atomic E-state index is 12.3. The molecule has 0 aliphatic rings. The fourth-order valence-electron chi connectivity index (χ4n) is 2.30. The van der Waals surface area contributed by atoms with Crippen LogP contribution in [0.3, 0.4) is 0 Å². The Kier molecular flexibility index (Phi) is 4.61. The lowest BCUT2D eigenvalue weighted by molar-refractivity contribution is 0.0475. The number of carbonyl (C=O) groups excluding carboxylic acids is 2. The van der Waals surface area contributed by atoms with Crippen molar-refractivity contribution in [1.82, 2.24) is 14.6 Å². The van der Waals surface area contributed by atoms with Crippen LogP contribution in [0.15, 0.2) is 47.6 Å². The molecule has 24 heavy (non-hydrogen) atoms. The second kappa shape index (κ2) is 6.84. The Labute approximate surface area is 142 Å². The lowest BCUT2D eigenvalue weighted by Crippen LogP contribution is -2.15. The van der Waals surface area contributed by atoms with E-state index in [1.807, 2.05) is 18.4 Å². The summed E-state index contributed by atoms with van der Waals surface area (Å²) >= 11 is 1.60. The minimum Gasteiger partial charge on any atom is -0.454 e. The lowest BCUT2D eigenvalue weighted by atomic mass is 10.1. The molecular formula is C17H15N3O3S. The van der Waals surface area contributed by atoms with Crippen LogP contribution in [0, 0.1) is 6.92 Å². The summed E-state index contributed by atoms with van der Waals surface area (Å²) in [6, 6.07) is 8.89. The normalized spacial score (nSPS) is 10.8. The summed E-state index contributed by atoms with van der Waals surface area (Å²) in [4.78, 5) is 29.7. The highest BCUT2D eigenvalue weighted by atomic mass is 32.2. The highest BCUT2D eigenvalue weighted by molar-refractivity contribution is 7.98. The van der Waals surface area contributed by atoms with Crippen molar-refractivity contribution in [3.05, 3.63) is 59.5 Å². The Balaban J connectivity index is 1.72. The van der Waals surface area contributed by atoms with Gasteiger partial charge in [0, 0.05) is 22.9 Å². The third-order valence-corrected chi connectivity index (χ3v) is 4.26. The topological polar surface area (TPSA) is 73.6 Å². The standard InChI is InChI=1S/C17H15N3O3S/c1-11-15(16-18-8-3-9-20(16)19-11)17(22)23-10-14(21)12-4-6-13(24-2)7-5-12/h3-9H,10H2,1-2H3. The molecule has 0 bridgehead atoms. The first-order chi connectivity index (χ1) is 11.6. The van der Waals surface area contributed by atoms with Crippen LogP contribution in [-0.2, 0) is 4.74 Å². The van der Waals surface area contributed by atoms with E-state index in [9.17, 15) is 9.59 Å². The van der Waals surface area contributed by atoms with Gasteiger partial charge in [-0.1, -0.05) is 12.1 Å². The quantitative estimate of drug-likeness (QED) is 0.404. The number of thioether (sulfide) groups is 1. The van der Waals surface area contributed by atoms with Gasteiger partial charge in [0.2, 0.25) is 0 Å². The SMILES string of the molecule is CSc1ccc(C(=O)COC(=O)c2c(C)nn3cccnc23)cc1. The highest BCUT2D eigenvalue weighted by Gasteiger charge is 2.20. The number of rotatable bonds is 5. The molecule has 0 atom stereocenters. The summed E-state index contributed by atoms with van der Waals surface area (Å²) in [6.45, 7) is 1.38. The summed E-state index contributed by atoms with van der Waals surface area (Å²) in [5.74, 6) is -0.853. The third kappa shape index (κ3) is 3.16. The highest BCUT2D eigenvalue weighted by Crippen LogP contribution is 2.16. The molecule has 2 heterocycles. The molecule has 0 aliphatic carbocycles. The zero-order chi connectivity index (χ0) is 17.1. The molecule has 0 N–H and O–H groups in total. The minimum absolute atomic E-state index is 0.252. The van der Waals surface area contributed by atoms with Crippen molar-refractivity contribution in [2.75, 3.05) is 12.9 Å². The predicted octanol–water partition coefficient (Wildman–Crippen LogP) is 2.80. The van der Waals surface area contributed by atoms with Gasteiger partial charge in [0.1, 0.15) is 5.56 Å². The first-order valence-electron chi connectivity index (χ1n) is 7.24. The smallest absolute Gasteiger partial charge is 0.344 e. The summed E-state index contributed by atoms with van der Waals surface area (Å²) in [5.41, 5.74) is 1.71. The van der Waals surface area contributed by atoms with E-state index in [4.69, 9.17) is 4.74 Å². The van der Waals surface area contributed by atoms with Crippen LogP contribution in [0.1, 0.15) is 26.4 Å². The van der Waals surface area contributed by atoms with Crippen molar-refractivity contribution >= 4 is 29.2 Å². The van der Waals surface area contributed by atoms with Crippen molar-refractivity contribution in [2.24, 2.45) is 0 Å². The Hall–Kier alpha value is -2.67. The van der Waals surface area contributed by atoms with E-state index in [2.05, 4.69) is 10.1 Å². The van der Waals surface area contributed by atoms with Gasteiger partial charge in [0.05, 0.1) is 5.69 Å². The largest absolute Gasteiger partial charge is 0.454 e. The second-order valence-corrected chi connectivity index (χ2v) is 5.96. The molecule has 6 nitrogen and oxygen atoms in total. The van der Waals surface area contributed by atoms with Crippen molar-refractivity contribution < 1.29 is 14.3 Å². The molecule has 0 spiro atoms. The van der Waals surface area contributed by atoms with Crippen molar-refractivity contribution in [2.45, 2.75) is 11.8 Å². The molecule has 0 fully saturated rings. The molecule has 122 valence electrons. The predicted molar refractivity (Wildman–Crippen MR) is 90.6 cm³/mol. The number of aromatic nitrogens is 3. The summed E-state index contributed by atoms with van der Waals surface area (Å²) < 4.78 is 6.67. The third-order valence-electron chi connectivity index (χ3n) is 3.52. The molecular weight excluding hydrogens is 326 g/mol. The number of Topliss-reactive ketones (excluding diaryl/α,β-unsaturated/α-hetero) is 1. The fourth-order valence-corrected chi connectivity index (χ4v) is 2.71. The molecule has 0 aliphatic heterocycles. The minimum atomic E-state index is -0.602. The maximum Gasteiger partial charge on any atom is 0.344 e. The zero-order valence-electron chi connectivity index (χ0n) is 13.2. The van der Waals surface area contributed by atoms with Crippen LogP contribution in [-0.4, -0.2) is 39.2 Å². The Morgan fingerprint density at radius 2 is 2.00 bits per heavy atom. The first kappa shape index (κ1) is 16.2. The summed E-state index contributed by atoms with van der Waals surface area (Å²) in [6.07, 6.45) is 5.24. The summed E-state index contributed by atoms with van der Waals surface area (Å²) in [7, 11) is 0. The second-order valence-electron chi connectivity index (χ2n) is 5.08. The van der Waals surface area contributed by atoms with E-state index >= 15 is 0 Å². The molecule has 3 aromatic rings. The van der Waals surface area contributed by atoms with E-state index in [0.717, 1.165) is 4.90 Å². The number of esters is 1. The van der Waals surface area contributed by atoms with Gasteiger partial charge in [0.15, 0.2) is 18.0 Å². The van der Waals surface area contributed by atoms with Crippen molar-refractivity contribution in [3.8, 4) is 0 Å². The molecule has 7 heteroatoms. The average Bonchev–Trinajstić information content (AvgIpc) is 2.95. The number of benzene rings is 1. The number of hydrogen-bond acceptors (Lipinski definition) is 6. The number of carbonyl (C=O) groups is 2. The maximum atomic E-state index is 12.3. The van der Waals surface area contributed by atoms with Gasteiger partial charge in [-0.2, -0.15) is 5.10 Å². The van der Waals surface area contributed by atoms with Gasteiger partial charge in [-0.05, 0) is 31.4 Å². The number of hydrogen-bond donors (Lipinski definition) is 0. The average molecular weight is 341 g/mol. The molecule has 2 aromatic heterocycles. The molecule has 3 rings (SSSR count). The van der Waals surface area contributed by atoms with E-state index in [1.165, 1.54) is 4.52 Å². The van der Waals surface area contributed by atoms with Crippen LogP contribution in [0.2, 0.25) is 0 Å². The van der Waals surface area contributed by atoms with Gasteiger partial charge in [0.25, 0.3) is 0 Å². The van der Waals surface area contributed by atoms with E-state index in [-0.39, 0.29) is 18.0 Å². The fraction of sp³-hybridized carbons (Fsp3) is 0.176. The Morgan fingerprint density at radius 3 is 2.71 bits per heavy atom. The molecule has 0 amide bonds. The summed E-state index contributed by atoms with van der Waals surface area (Å²) in [5, 5.41) is 4.20. The Morgan fingerprint density at radius 1 is 1.25 bits per heavy atom. The van der Waals surface area contributed by atoms with E-state index in [1.54, 1.807) is 49.3 Å². The zero-order valence-corrected chi connectivity index (χ0v) is 14.0. The van der Waals surface area contributed by atoms with Crippen LogP contribution in [0.5, 0.6) is 0 Å². The number of aryl methyl sites for hydroxylation is 1. The molecule has 0 radical (unpaired) electrons. The van der Waals surface area contributed by atoms with Crippen molar-refractivity contribution in [1.29, 1.82) is 0 Å². The molecule has 0 unspecified atom stereocenters. The number of fused-ring (bicyclic) bond motifs is 1. The molecule has 0 saturated heterocycles. The van der Waals surface area contributed by atoms with Crippen LogP contribution < -0.4 is 0 Å². The first-order valence-corrected chi connectivity index (χ1v) is 8.47. The molecule has 1 aromatic carbocycles. The van der Waals surface area contributed by atoms with Gasteiger partial charge in [-0.3, -0.25) is 4.79 Å². The van der Waals surface area contributed by atoms with E-state index in [0.29, 0.717) is 16.9 Å². The number of ether oxygens (including phenoxy) is 1. The van der Waals surface area contributed by atoms with Crippen LogP contribution in [0.25, 0.3) is 5.65 Å². The van der Waals surface area contributed by atoms with Gasteiger partial charge < -0.3 is 4.74 Å². The van der Waals surface area contributed by atoms with Gasteiger partial charge >= 0.3 is 5.97 Å². The van der Waals surface area contributed by atoms with Crippen LogP contribution in [0.4, 0.5) is 0 Å². The lowest BCUT2D eigenvalue weighted by Gasteiger charge is -2.04. The van der Waals surface area contributed by atoms with E-state index < -0.39 is 5.97 Å². The molecule has 0 saturated carbocycles. The van der Waals surface area contributed by atoms with Crippen LogP contribution >= 0.6 is 11.8 Å². The number of nitrogens with zero attached hydrogens (tertiary/aromatic N) is 3. The Bertz CT molecular complexity index is 903. The number of ketones is 1.